The lowest BCUT2D eigenvalue weighted by Crippen LogP contribution is -2.03. The normalized spacial score (nSPS) is 11.0. The van der Waals surface area contributed by atoms with Crippen molar-refractivity contribution in [1.29, 1.82) is 0 Å². The first-order valence-corrected chi connectivity index (χ1v) is 8.82. The molecule has 0 spiro atoms. The van der Waals surface area contributed by atoms with Crippen molar-refractivity contribution in [3.05, 3.63) is 82.9 Å². The lowest BCUT2D eigenvalue weighted by atomic mass is 9.91. The quantitative estimate of drug-likeness (QED) is 0.412. The van der Waals surface area contributed by atoms with Crippen LogP contribution in [-0.2, 0) is 6.42 Å². The number of phenols is 2. The van der Waals surface area contributed by atoms with Crippen LogP contribution in [-0.4, -0.2) is 32.4 Å². The van der Waals surface area contributed by atoms with E-state index in [4.69, 9.17) is 0 Å². The van der Waals surface area contributed by atoms with E-state index in [1.807, 2.05) is 0 Å². The standard InChI is InChI=1S/C23H16O6/c24-20-16-7-3-1-5-14(16)12(10-18(20)22(26)27)9-13-11-19(23(28)29)21(25)17-8-4-2-6-15(13)17/h1-8,10-11,24-25H,9H2,(H,26,27)(H,28,29). The molecule has 4 N–H and O–H groups in total. The molecule has 0 aromatic heterocycles. The van der Waals surface area contributed by atoms with Crippen molar-refractivity contribution < 1.29 is 30.0 Å². The summed E-state index contributed by atoms with van der Waals surface area (Å²) in [6, 6.07) is 16.6. The Bertz CT molecular complexity index is 1200. The maximum Gasteiger partial charge on any atom is 0.339 e. The van der Waals surface area contributed by atoms with Crippen LogP contribution in [0, 0.1) is 0 Å². The molecule has 4 aromatic rings. The maximum atomic E-state index is 11.6. The maximum absolute atomic E-state index is 11.6. The van der Waals surface area contributed by atoms with Gasteiger partial charge in [0.25, 0.3) is 0 Å². The lowest BCUT2D eigenvalue weighted by molar-refractivity contribution is 0.0682. The van der Waals surface area contributed by atoms with Crippen LogP contribution in [0.4, 0.5) is 0 Å². The van der Waals surface area contributed by atoms with E-state index in [1.165, 1.54) is 12.1 Å². The first-order valence-electron chi connectivity index (χ1n) is 8.82. The first-order chi connectivity index (χ1) is 13.9. The lowest BCUT2D eigenvalue weighted by Gasteiger charge is -2.14. The van der Waals surface area contributed by atoms with E-state index in [1.54, 1.807) is 48.5 Å². The number of carboxylic acid groups (broad SMARTS) is 2. The SMILES string of the molecule is O=C(O)c1cc(Cc2cc(C(=O)O)c(O)c3ccccc23)c2ccccc2c1O. The van der Waals surface area contributed by atoms with Gasteiger partial charge < -0.3 is 20.4 Å². The van der Waals surface area contributed by atoms with E-state index < -0.39 is 11.9 Å². The minimum Gasteiger partial charge on any atom is -0.506 e. The fourth-order valence-corrected chi connectivity index (χ4v) is 3.69. The van der Waals surface area contributed by atoms with Gasteiger partial charge in [-0.1, -0.05) is 48.5 Å². The number of aromatic hydroxyl groups is 2. The molecule has 0 radical (unpaired) electrons. The molecule has 4 rings (SSSR count). The second-order valence-electron chi connectivity index (χ2n) is 6.74. The molecule has 6 nitrogen and oxygen atoms in total. The molecule has 29 heavy (non-hydrogen) atoms. The van der Waals surface area contributed by atoms with Crippen molar-refractivity contribution in [3.63, 3.8) is 0 Å². The summed E-state index contributed by atoms with van der Waals surface area (Å²) in [5.74, 6) is -3.12. The third-order valence-electron chi connectivity index (χ3n) is 5.05. The van der Waals surface area contributed by atoms with Gasteiger partial charge in [0.2, 0.25) is 0 Å². The molecular formula is C23H16O6. The highest BCUT2D eigenvalue weighted by molar-refractivity contribution is 6.04. The number of hydrogen-bond acceptors (Lipinski definition) is 4. The number of hydrogen-bond donors (Lipinski definition) is 4. The molecule has 0 aliphatic heterocycles. The van der Waals surface area contributed by atoms with Gasteiger partial charge in [0.1, 0.15) is 22.6 Å². The van der Waals surface area contributed by atoms with Crippen LogP contribution in [0.2, 0.25) is 0 Å². The van der Waals surface area contributed by atoms with Crippen molar-refractivity contribution in [2.24, 2.45) is 0 Å². The summed E-state index contributed by atoms with van der Waals surface area (Å²) in [6.07, 6.45) is 0.224. The Labute approximate surface area is 164 Å². The Balaban J connectivity index is 2.00. The summed E-state index contributed by atoms with van der Waals surface area (Å²) in [5, 5.41) is 41.8. The second-order valence-corrected chi connectivity index (χ2v) is 6.74. The molecule has 144 valence electrons. The van der Waals surface area contributed by atoms with Crippen LogP contribution in [0.25, 0.3) is 21.5 Å². The topological polar surface area (TPSA) is 115 Å². The van der Waals surface area contributed by atoms with Gasteiger partial charge in [-0.05, 0) is 40.5 Å². The summed E-state index contributed by atoms with van der Waals surface area (Å²) >= 11 is 0. The summed E-state index contributed by atoms with van der Waals surface area (Å²) in [7, 11) is 0. The van der Waals surface area contributed by atoms with Crippen LogP contribution in [0.15, 0.2) is 60.7 Å². The van der Waals surface area contributed by atoms with Crippen molar-refractivity contribution in [1.82, 2.24) is 0 Å². The summed E-state index contributed by atoms with van der Waals surface area (Å²) < 4.78 is 0. The zero-order valence-corrected chi connectivity index (χ0v) is 15.1. The monoisotopic (exact) mass is 388 g/mol. The van der Waals surface area contributed by atoms with Crippen molar-refractivity contribution in [2.45, 2.75) is 6.42 Å². The Kier molecular flexibility index (Phi) is 4.31. The van der Waals surface area contributed by atoms with E-state index in [-0.39, 0.29) is 29.0 Å². The number of fused-ring (bicyclic) bond motifs is 2. The van der Waals surface area contributed by atoms with Gasteiger partial charge in [-0.3, -0.25) is 0 Å². The van der Waals surface area contributed by atoms with Crippen LogP contribution in [0.5, 0.6) is 11.5 Å². The van der Waals surface area contributed by atoms with E-state index in [2.05, 4.69) is 0 Å². The van der Waals surface area contributed by atoms with E-state index in [9.17, 15) is 30.0 Å². The van der Waals surface area contributed by atoms with Gasteiger partial charge in [-0.2, -0.15) is 0 Å². The van der Waals surface area contributed by atoms with Crippen molar-refractivity contribution >= 4 is 33.5 Å². The van der Waals surface area contributed by atoms with Gasteiger partial charge in [0.05, 0.1) is 0 Å². The third kappa shape index (κ3) is 3.00. The van der Waals surface area contributed by atoms with Crippen molar-refractivity contribution in [3.8, 4) is 11.5 Å². The molecule has 0 unspecified atom stereocenters. The highest BCUT2D eigenvalue weighted by Gasteiger charge is 2.20. The molecular weight excluding hydrogens is 372 g/mol. The van der Waals surface area contributed by atoms with Gasteiger partial charge in [-0.25, -0.2) is 9.59 Å². The molecule has 0 saturated carbocycles. The summed E-state index contributed by atoms with van der Waals surface area (Å²) in [5.41, 5.74) is 0.812. The zero-order chi connectivity index (χ0) is 20.7. The molecule has 0 atom stereocenters. The van der Waals surface area contributed by atoms with Crippen LogP contribution in [0.1, 0.15) is 31.8 Å². The smallest absolute Gasteiger partial charge is 0.339 e. The van der Waals surface area contributed by atoms with E-state index >= 15 is 0 Å². The Morgan fingerprint density at radius 2 is 0.966 bits per heavy atom. The third-order valence-corrected chi connectivity index (χ3v) is 5.05. The predicted octanol–water partition coefficient (Wildman–Crippen LogP) is 4.39. The molecule has 0 bridgehead atoms. The van der Waals surface area contributed by atoms with Gasteiger partial charge in [-0.15, -0.1) is 0 Å². The largest absolute Gasteiger partial charge is 0.506 e. The minimum absolute atomic E-state index is 0.222. The highest BCUT2D eigenvalue weighted by Crippen LogP contribution is 2.36. The number of rotatable bonds is 4. The Hall–Kier alpha value is -4.06. The molecule has 6 heteroatoms. The van der Waals surface area contributed by atoms with E-state index in [0.717, 1.165) is 0 Å². The molecule has 0 fully saturated rings. The Morgan fingerprint density at radius 3 is 1.31 bits per heavy atom. The van der Waals surface area contributed by atoms with Crippen LogP contribution < -0.4 is 0 Å². The molecule has 4 aromatic carbocycles. The molecule has 0 heterocycles. The van der Waals surface area contributed by atoms with Crippen LogP contribution in [0.3, 0.4) is 0 Å². The average molecular weight is 388 g/mol. The van der Waals surface area contributed by atoms with Crippen LogP contribution >= 0.6 is 0 Å². The average Bonchev–Trinajstić information content (AvgIpc) is 2.71. The second kappa shape index (κ2) is 6.83. The van der Waals surface area contributed by atoms with Crippen molar-refractivity contribution in [2.75, 3.05) is 0 Å². The minimum atomic E-state index is -1.25. The van der Waals surface area contributed by atoms with E-state index in [0.29, 0.717) is 32.7 Å². The fourth-order valence-electron chi connectivity index (χ4n) is 3.69. The number of carboxylic acids is 2. The highest BCUT2D eigenvalue weighted by atomic mass is 16.4. The zero-order valence-electron chi connectivity index (χ0n) is 15.1. The first kappa shape index (κ1) is 18.3. The molecule has 0 saturated heterocycles. The summed E-state index contributed by atoms with van der Waals surface area (Å²) in [6.45, 7) is 0. The molecule has 0 amide bonds. The Morgan fingerprint density at radius 1 is 0.621 bits per heavy atom. The van der Waals surface area contributed by atoms with Gasteiger partial charge >= 0.3 is 11.9 Å². The van der Waals surface area contributed by atoms with Gasteiger partial charge in [0.15, 0.2) is 0 Å². The number of benzene rings is 4. The number of carbonyl (C=O) groups is 2. The summed E-state index contributed by atoms with van der Waals surface area (Å²) in [4.78, 5) is 23.2. The number of aromatic carboxylic acids is 2. The predicted molar refractivity (Wildman–Crippen MR) is 108 cm³/mol. The van der Waals surface area contributed by atoms with Gasteiger partial charge in [0, 0.05) is 10.8 Å². The molecule has 0 aliphatic carbocycles. The molecule has 0 aliphatic rings. The fraction of sp³-hybridized carbons (Fsp3) is 0.0435.